The Balaban J connectivity index is 1.81. The lowest BCUT2D eigenvalue weighted by molar-refractivity contribution is 0.0950. The van der Waals surface area contributed by atoms with Crippen LogP contribution in [0.15, 0.2) is 42.5 Å². The van der Waals surface area contributed by atoms with Crippen molar-refractivity contribution in [3.05, 3.63) is 81.6 Å². The standard InChI is InChI=1S/C19H16ClF2N3O/c1-11-15(12(2)25(24-11)13-6-4-3-5-7-13)10-23-19(26)14-8-17(21)18(22)9-16(14)20/h3-9H,10H2,1-2H3,(H,23,26). The maximum absolute atomic E-state index is 13.4. The summed E-state index contributed by atoms with van der Waals surface area (Å²) in [7, 11) is 0. The Bertz CT molecular complexity index is 971. The molecule has 1 N–H and O–H groups in total. The van der Waals surface area contributed by atoms with Gasteiger partial charge in [-0.25, -0.2) is 13.5 Å². The zero-order valence-electron chi connectivity index (χ0n) is 14.2. The van der Waals surface area contributed by atoms with Crippen molar-refractivity contribution in [1.29, 1.82) is 0 Å². The van der Waals surface area contributed by atoms with E-state index in [0.29, 0.717) is 0 Å². The topological polar surface area (TPSA) is 46.9 Å². The lowest BCUT2D eigenvalue weighted by Gasteiger charge is -2.08. The molecule has 0 atom stereocenters. The van der Waals surface area contributed by atoms with Gasteiger partial charge in [0.1, 0.15) is 0 Å². The van der Waals surface area contributed by atoms with E-state index in [1.807, 2.05) is 44.2 Å². The molecule has 134 valence electrons. The smallest absolute Gasteiger partial charge is 0.253 e. The van der Waals surface area contributed by atoms with Crippen molar-refractivity contribution in [3.8, 4) is 5.69 Å². The molecular formula is C19H16ClF2N3O. The number of benzene rings is 2. The molecule has 0 aliphatic heterocycles. The summed E-state index contributed by atoms with van der Waals surface area (Å²) >= 11 is 5.84. The van der Waals surface area contributed by atoms with E-state index in [0.717, 1.165) is 34.8 Å². The quantitative estimate of drug-likeness (QED) is 0.689. The van der Waals surface area contributed by atoms with Gasteiger partial charge in [-0.2, -0.15) is 5.10 Å². The summed E-state index contributed by atoms with van der Waals surface area (Å²) in [5, 5.41) is 7.04. The molecule has 3 aromatic rings. The van der Waals surface area contributed by atoms with Crippen LogP contribution in [-0.2, 0) is 6.54 Å². The number of carbonyl (C=O) groups excluding carboxylic acids is 1. The fraction of sp³-hybridized carbons (Fsp3) is 0.158. The molecule has 0 unspecified atom stereocenters. The molecule has 7 heteroatoms. The van der Waals surface area contributed by atoms with Gasteiger partial charge in [-0.1, -0.05) is 29.8 Å². The molecule has 4 nitrogen and oxygen atoms in total. The van der Waals surface area contributed by atoms with Crippen LogP contribution in [0.4, 0.5) is 8.78 Å². The highest BCUT2D eigenvalue weighted by atomic mass is 35.5. The van der Waals surface area contributed by atoms with Crippen molar-refractivity contribution in [2.75, 3.05) is 0 Å². The van der Waals surface area contributed by atoms with Gasteiger partial charge in [-0.3, -0.25) is 4.79 Å². The molecule has 2 aromatic carbocycles. The van der Waals surface area contributed by atoms with Gasteiger partial charge in [-0.15, -0.1) is 0 Å². The van der Waals surface area contributed by atoms with Gasteiger partial charge in [0.05, 0.1) is 22.0 Å². The van der Waals surface area contributed by atoms with Crippen LogP contribution < -0.4 is 5.32 Å². The van der Waals surface area contributed by atoms with Gasteiger partial charge in [0, 0.05) is 17.8 Å². The molecule has 0 bridgehead atoms. The zero-order valence-corrected chi connectivity index (χ0v) is 14.9. The normalized spacial score (nSPS) is 10.8. The molecule has 0 fully saturated rings. The van der Waals surface area contributed by atoms with Gasteiger partial charge >= 0.3 is 0 Å². The maximum Gasteiger partial charge on any atom is 0.253 e. The predicted octanol–water partition coefficient (Wildman–Crippen LogP) is 4.35. The summed E-state index contributed by atoms with van der Waals surface area (Å²) in [4.78, 5) is 12.3. The summed E-state index contributed by atoms with van der Waals surface area (Å²) < 4.78 is 28.3. The Morgan fingerprint density at radius 3 is 2.50 bits per heavy atom. The first kappa shape index (κ1) is 18.1. The third-order valence-corrected chi connectivity index (χ3v) is 4.43. The Labute approximate surface area is 154 Å². The molecule has 3 rings (SSSR count). The highest BCUT2D eigenvalue weighted by molar-refractivity contribution is 6.33. The van der Waals surface area contributed by atoms with Crippen LogP contribution in [0, 0.1) is 25.5 Å². The number of nitrogens with one attached hydrogen (secondary N) is 1. The van der Waals surface area contributed by atoms with Crippen molar-refractivity contribution in [2.45, 2.75) is 20.4 Å². The first-order chi connectivity index (χ1) is 12.4. The predicted molar refractivity (Wildman–Crippen MR) is 95.6 cm³/mol. The molecule has 1 amide bonds. The van der Waals surface area contributed by atoms with Crippen molar-refractivity contribution in [1.82, 2.24) is 15.1 Å². The fourth-order valence-electron chi connectivity index (χ4n) is 2.71. The molecule has 0 radical (unpaired) electrons. The first-order valence-corrected chi connectivity index (χ1v) is 8.29. The van der Waals surface area contributed by atoms with E-state index in [4.69, 9.17) is 11.6 Å². The number of aromatic nitrogens is 2. The summed E-state index contributed by atoms with van der Waals surface area (Å²) in [6, 6.07) is 11.2. The number of hydrogen-bond donors (Lipinski definition) is 1. The third kappa shape index (κ3) is 3.46. The number of aryl methyl sites for hydroxylation is 1. The van der Waals surface area contributed by atoms with Crippen LogP contribution in [0.1, 0.15) is 27.3 Å². The Morgan fingerprint density at radius 2 is 1.81 bits per heavy atom. The third-order valence-electron chi connectivity index (χ3n) is 4.12. The number of amides is 1. The van der Waals surface area contributed by atoms with E-state index < -0.39 is 17.5 Å². The molecule has 1 aromatic heterocycles. The van der Waals surface area contributed by atoms with Gasteiger partial charge in [0.15, 0.2) is 11.6 Å². The number of halogens is 3. The highest BCUT2D eigenvalue weighted by Crippen LogP contribution is 2.21. The minimum absolute atomic E-state index is 0.115. The lowest BCUT2D eigenvalue weighted by Crippen LogP contribution is -2.24. The Hall–Kier alpha value is -2.73. The molecule has 0 saturated carbocycles. The molecule has 0 spiro atoms. The van der Waals surface area contributed by atoms with E-state index in [1.54, 1.807) is 4.68 Å². The Morgan fingerprint density at radius 1 is 1.15 bits per heavy atom. The van der Waals surface area contributed by atoms with Crippen LogP contribution in [0.3, 0.4) is 0 Å². The van der Waals surface area contributed by atoms with E-state index >= 15 is 0 Å². The number of hydrogen-bond acceptors (Lipinski definition) is 2. The summed E-state index contributed by atoms with van der Waals surface area (Å²) in [6.45, 7) is 3.94. The van der Waals surface area contributed by atoms with Crippen LogP contribution in [0.25, 0.3) is 5.69 Å². The number of para-hydroxylation sites is 1. The number of carbonyl (C=O) groups is 1. The number of rotatable bonds is 4. The second-order valence-corrected chi connectivity index (χ2v) is 6.23. The lowest BCUT2D eigenvalue weighted by atomic mass is 10.1. The SMILES string of the molecule is Cc1nn(-c2ccccc2)c(C)c1CNC(=O)c1cc(F)c(F)cc1Cl. The summed E-state index contributed by atoms with van der Waals surface area (Å²) in [5.41, 5.74) is 3.29. The van der Waals surface area contributed by atoms with E-state index in [9.17, 15) is 13.6 Å². The van der Waals surface area contributed by atoms with E-state index in [1.165, 1.54) is 0 Å². The van der Waals surface area contributed by atoms with Crippen molar-refractivity contribution < 1.29 is 13.6 Å². The van der Waals surface area contributed by atoms with Crippen molar-refractivity contribution in [3.63, 3.8) is 0 Å². The second kappa shape index (κ2) is 7.25. The molecule has 26 heavy (non-hydrogen) atoms. The molecule has 1 heterocycles. The molecule has 0 saturated heterocycles. The fourth-order valence-corrected chi connectivity index (χ4v) is 2.95. The van der Waals surface area contributed by atoms with Crippen LogP contribution in [-0.4, -0.2) is 15.7 Å². The van der Waals surface area contributed by atoms with Gasteiger partial charge in [0.2, 0.25) is 0 Å². The molecule has 0 aliphatic carbocycles. The van der Waals surface area contributed by atoms with Crippen LogP contribution in [0.2, 0.25) is 5.02 Å². The Kier molecular flexibility index (Phi) is 5.04. The van der Waals surface area contributed by atoms with E-state index in [-0.39, 0.29) is 17.1 Å². The molecule has 0 aliphatic rings. The van der Waals surface area contributed by atoms with Crippen LogP contribution in [0.5, 0.6) is 0 Å². The van der Waals surface area contributed by atoms with Gasteiger partial charge in [-0.05, 0) is 38.1 Å². The minimum Gasteiger partial charge on any atom is -0.348 e. The summed E-state index contributed by atoms with van der Waals surface area (Å²) in [5.74, 6) is -2.80. The largest absolute Gasteiger partial charge is 0.348 e. The molecular weight excluding hydrogens is 360 g/mol. The zero-order chi connectivity index (χ0) is 18.8. The van der Waals surface area contributed by atoms with Gasteiger partial charge < -0.3 is 5.32 Å². The maximum atomic E-state index is 13.4. The second-order valence-electron chi connectivity index (χ2n) is 5.83. The van der Waals surface area contributed by atoms with Crippen molar-refractivity contribution in [2.24, 2.45) is 0 Å². The average molecular weight is 376 g/mol. The summed E-state index contributed by atoms with van der Waals surface area (Å²) in [6.07, 6.45) is 0. The first-order valence-electron chi connectivity index (χ1n) is 7.91. The van der Waals surface area contributed by atoms with E-state index in [2.05, 4.69) is 10.4 Å². The monoisotopic (exact) mass is 375 g/mol. The van der Waals surface area contributed by atoms with Crippen molar-refractivity contribution >= 4 is 17.5 Å². The average Bonchev–Trinajstić information content (AvgIpc) is 2.91. The highest BCUT2D eigenvalue weighted by Gasteiger charge is 2.17. The van der Waals surface area contributed by atoms with Gasteiger partial charge in [0.25, 0.3) is 5.91 Å². The van der Waals surface area contributed by atoms with Crippen LogP contribution >= 0.6 is 11.6 Å². The minimum atomic E-state index is -1.12. The number of nitrogens with zero attached hydrogens (tertiary/aromatic N) is 2.